The van der Waals surface area contributed by atoms with E-state index in [0.29, 0.717) is 11.3 Å². The van der Waals surface area contributed by atoms with Crippen molar-refractivity contribution >= 4 is 44.8 Å². The Morgan fingerprint density at radius 2 is 1.48 bits per heavy atom. The van der Waals surface area contributed by atoms with Crippen molar-refractivity contribution in [3.63, 3.8) is 0 Å². The summed E-state index contributed by atoms with van der Waals surface area (Å²) >= 11 is 0. The van der Waals surface area contributed by atoms with Gasteiger partial charge in [0.1, 0.15) is 5.75 Å². The minimum absolute atomic E-state index is 0.219. The summed E-state index contributed by atoms with van der Waals surface area (Å²) in [6.07, 6.45) is 0. The van der Waals surface area contributed by atoms with E-state index in [-0.39, 0.29) is 10.9 Å². The summed E-state index contributed by atoms with van der Waals surface area (Å²) in [6, 6.07) is 21.8. The first-order valence-electron chi connectivity index (χ1n) is 11.2. The number of nitrogens with one attached hydrogen (secondary N) is 1. The SMILES string of the molecule is COc1ccc2cc([Si](C)(C)C)ccc2c1-c1c(S(=O)(=O)NC(C)C)ccc2ccccc12. The van der Waals surface area contributed by atoms with Crippen LogP contribution in [0.3, 0.4) is 0 Å². The van der Waals surface area contributed by atoms with Gasteiger partial charge in [0.15, 0.2) is 0 Å². The van der Waals surface area contributed by atoms with Gasteiger partial charge in [-0.15, -0.1) is 0 Å². The predicted octanol–water partition coefficient (Wildman–Crippen LogP) is 5.90. The Hall–Kier alpha value is -2.67. The number of hydrogen-bond acceptors (Lipinski definition) is 3. The fourth-order valence-corrected chi connectivity index (χ4v) is 6.96. The van der Waals surface area contributed by atoms with Gasteiger partial charge in [-0.05, 0) is 47.5 Å². The van der Waals surface area contributed by atoms with E-state index in [1.165, 1.54) is 5.19 Å². The number of benzene rings is 4. The second-order valence-corrected chi connectivity index (χ2v) is 16.5. The third kappa shape index (κ3) is 4.43. The van der Waals surface area contributed by atoms with Gasteiger partial charge in [-0.25, -0.2) is 13.1 Å². The maximum Gasteiger partial charge on any atom is 0.241 e. The van der Waals surface area contributed by atoms with Crippen molar-refractivity contribution in [2.45, 2.75) is 44.4 Å². The van der Waals surface area contributed by atoms with Crippen LogP contribution in [0.1, 0.15) is 13.8 Å². The molecule has 4 aromatic rings. The van der Waals surface area contributed by atoms with Gasteiger partial charge < -0.3 is 4.74 Å². The van der Waals surface area contributed by atoms with E-state index in [0.717, 1.165) is 27.1 Å². The summed E-state index contributed by atoms with van der Waals surface area (Å²) in [7, 11) is -3.63. The van der Waals surface area contributed by atoms with Crippen molar-refractivity contribution in [1.29, 1.82) is 0 Å². The highest BCUT2D eigenvalue weighted by Gasteiger charge is 2.26. The van der Waals surface area contributed by atoms with Crippen LogP contribution in [0.5, 0.6) is 5.75 Å². The van der Waals surface area contributed by atoms with Crippen molar-refractivity contribution < 1.29 is 13.2 Å². The van der Waals surface area contributed by atoms with Crippen LogP contribution in [0.4, 0.5) is 0 Å². The molecule has 0 spiro atoms. The van der Waals surface area contributed by atoms with E-state index in [9.17, 15) is 8.42 Å². The Labute approximate surface area is 197 Å². The summed E-state index contributed by atoms with van der Waals surface area (Å²) < 4.78 is 35.5. The Bertz CT molecular complexity index is 1450. The second-order valence-electron chi connectivity index (χ2n) is 9.76. The smallest absolute Gasteiger partial charge is 0.241 e. The molecule has 0 heterocycles. The molecule has 0 amide bonds. The molecule has 0 fully saturated rings. The lowest BCUT2D eigenvalue weighted by atomic mass is 9.93. The number of fused-ring (bicyclic) bond motifs is 2. The van der Waals surface area contributed by atoms with E-state index >= 15 is 0 Å². The zero-order valence-electron chi connectivity index (χ0n) is 20.1. The lowest BCUT2D eigenvalue weighted by Gasteiger charge is -2.21. The van der Waals surface area contributed by atoms with Crippen molar-refractivity contribution in [3.05, 3.63) is 66.7 Å². The molecular weight excluding hydrogens is 446 g/mol. The Balaban J connectivity index is 2.16. The molecule has 4 aromatic carbocycles. The largest absolute Gasteiger partial charge is 0.496 e. The van der Waals surface area contributed by atoms with Gasteiger partial charge in [0.2, 0.25) is 10.0 Å². The van der Waals surface area contributed by atoms with Crippen LogP contribution in [0, 0.1) is 0 Å². The molecule has 0 aliphatic heterocycles. The van der Waals surface area contributed by atoms with Gasteiger partial charge in [0.05, 0.1) is 20.1 Å². The van der Waals surface area contributed by atoms with E-state index in [1.54, 1.807) is 13.2 Å². The molecule has 4 nitrogen and oxygen atoms in total. The maximum absolute atomic E-state index is 13.5. The molecule has 4 rings (SSSR count). The van der Waals surface area contributed by atoms with Gasteiger partial charge >= 0.3 is 0 Å². The molecule has 1 N–H and O–H groups in total. The number of sulfonamides is 1. The fraction of sp³-hybridized carbons (Fsp3) is 0.259. The third-order valence-corrected chi connectivity index (χ3v) is 9.63. The molecule has 0 saturated heterocycles. The summed E-state index contributed by atoms with van der Waals surface area (Å²) in [5.41, 5.74) is 1.47. The lowest BCUT2D eigenvalue weighted by molar-refractivity contribution is 0.417. The fourth-order valence-electron chi connectivity index (χ4n) is 4.31. The van der Waals surface area contributed by atoms with Crippen molar-refractivity contribution in [3.8, 4) is 16.9 Å². The topological polar surface area (TPSA) is 55.4 Å². The molecule has 6 heteroatoms. The Morgan fingerprint density at radius 3 is 2.15 bits per heavy atom. The summed E-state index contributed by atoms with van der Waals surface area (Å²) in [5.74, 6) is 0.653. The van der Waals surface area contributed by atoms with E-state index in [2.05, 4.69) is 48.6 Å². The van der Waals surface area contributed by atoms with Gasteiger partial charge in [-0.2, -0.15) is 0 Å². The Morgan fingerprint density at radius 1 is 0.818 bits per heavy atom. The minimum Gasteiger partial charge on any atom is -0.496 e. The lowest BCUT2D eigenvalue weighted by Crippen LogP contribution is -2.37. The van der Waals surface area contributed by atoms with Gasteiger partial charge in [-0.3, -0.25) is 0 Å². The predicted molar refractivity (Wildman–Crippen MR) is 142 cm³/mol. The summed E-state index contributed by atoms with van der Waals surface area (Å²) in [6.45, 7) is 10.6. The highest BCUT2D eigenvalue weighted by Crippen LogP contribution is 2.43. The van der Waals surface area contributed by atoms with Crippen LogP contribution in [0.25, 0.3) is 32.7 Å². The Kier molecular flexibility index (Phi) is 6.12. The van der Waals surface area contributed by atoms with Crippen LogP contribution >= 0.6 is 0 Å². The first kappa shape index (κ1) is 23.5. The first-order chi connectivity index (χ1) is 15.5. The number of rotatable bonds is 6. The van der Waals surface area contributed by atoms with E-state index in [4.69, 9.17) is 4.74 Å². The first-order valence-corrected chi connectivity index (χ1v) is 16.2. The maximum atomic E-state index is 13.5. The normalized spacial score (nSPS) is 12.6. The molecule has 0 bridgehead atoms. The van der Waals surface area contributed by atoms with Crippen LogP contribution in [-0.4, -0.2) is 29.6 Å². The average Bonchev–Trinajstić information content (AvgIpc) is 2.75. The second kappa shape index (κ2) is 8.59. The van der Waals surface area contributed by atoms with Gasteiger partial charge in [0.25, 0.3) is 0 Å². The van der Waals surface area contributed by atoms with E-state index < -0.39 is 18.1 Å². The number of ether oxygens (including phenoxy) is 1. The summed E-state index contributed by atoms with van der Waals surface area (Å²) in [5, 5.41) is 5.28. The van der Waals surface area contributed by atoms with Crippen molar-refractivity contribution in [2.24, 2.45) is 0 Å². The molecule has 33 heavy (non-hydrogen) atoms. The molecule has 0 atom stereocenters. The number of hydrogen-bond donors (Lipinski definition) is 1. The van der Waals surface area contributed by atoms with Gasteiger partial charge in [0, 0.05) is 17.2 Å². The van der Waals surface area contributed by atoms with E-state index in [1.807, 2.05) is 50.2 Å². The highest BCUT2D eigenvalue weighted by molar-refractivity contribution is 7.89. The van der Waals surface area contributed by atoms with Gasteiger partial charge in [-0.1, -0.05) is 79.4 Å². The standard InChI is InChI=1S/C27H31NO3SSi/c1-18(2)28-32(29,30)25-16-12-19-9-7-8-10-22(19)27(25)26-23-14-13-21(33(4,5)6)17-20(23)11-15-24(26)31-3/h7-18,28H,1-6H3. The monoisotopic (exact) mass is 477 g/mol. The minimum atomic E-state index is -3.75. The molecular formula is C27H31NO3SSi. The molecule has 0 aliphatic rings. The quantitative estimate of drug-likeness (QED) is 0.352. The molecule has 0 radical (unpaired) electrons. The van der Waals surface area contributed by atoms with Crippen LogP contribution in [0.2, 0.25) is 19.6 Å². The average molecular weight is 478 g/mol. The molecule has 0 unspecified atom stereocenters. The van der Waals surface area contributed by atoms with Crippen LogP contribution < -0.4 is 14.6 Å². The van der Waals surface area contributed by atoms with Crippen LogP contribution in [0.15, 0.2) is 71.6 Å². The van der Waals surface area contributed by atoms with Crippen molar-refractivity contribution in [1.82, 2.24) is 4.72 Å². The molecule has 0 aromatic heterocycles. The highest BCUT2D eigenvalue weighted by atomic mass is 32.2. The zero-order valence-corrected chi connectivity index (χ0v) is 21.9. The molecule has 172 valence electrons. The zero-order chi connectivity index (χ0) is 24.0. The summed E-state index contributed by atoms with van der Waals surface area (Å²) in [4.78, 5) is 0.259. The third-order valence-electron chi connectivity index (χ3n) is 5.89. The molecule has 0 aliphatic carbocycles. The number of methoxy groups -OCH3 is 1. The van der Waals surface area contributed by atoms with Crippen LogP contribution in [-0.2, 0) is 10.0 Å². The molecule has 0 saturated carbocycles. The van der Waals surface area contributed by atoms with Crippen molar-refractivity contribution in [2.75, 3.05) is 7.11 Å².